The lowest BCUT2D eigenvalue weighted by atomic mass is 10.1. The molecule has 1 atom stereocenters. The van der Waals surface area contributed by atoms with Gasteiger partial charge in [-0.3, -0.25) is 4.57 Å². The van der Waals surface area contributed by atoms with E-state index in [4.69, 9.17) is 5.73 Å². The zero-order chi connectivity index (χ0) is 21.7. The molecule has 2 aromatic carbocycles. The monoisotopic (exact) mass is 427 g/mol. The SMILES string of the molecule is NCCC1CCN(c2ccc3c(c2)Cn2cc(-c4ccc(F)cc4)cc2-c2nccn2-3)C1. The Kier molecular flexibility index (Phi) is 4.61. The van der Waals surface area contributed by atoms with Gasteiger partial charge in [-0.2, -0.15) is 0 Å². The number of nitrogens with two attached hydrogens (primary N) is 1. The number of nitrogens with zero attached hydrogens (tertiary/aromatic N) is 4. The van der Waals surface area contributed by atoms with Crippen LogP contribution in [0.1, 0.15) is 18.4 Å². The molecule has 0 aliphatic carbocycles. The van der Waals surface area contributed by atoms with E-state index in [0.717, 1.165) is 55.2 Å². The summed E-state index contributed by atoms with van der Waals surface area (Å²) >= 11 is 0. The molecule has 0 saturated carbocycles. The minimum Gasteiger partial charge on any atom is -0.371 e. The van der Waals surface area contributed by atoms with Gasteiger partial charge in [-0.05, 0) is 72.8 Å². The van der Waals surface area contributed by atoms with Crippen molar-refractivity contribution in [2.45, 2.75) is 19.4 Å². The molecule has 0 amide bonds. The number of benzene rings is 2. The first-order valence-electron chi connectivity index (χ1n) is 11.3. The Morgan fingerprint density at radius 3 is 2.78 bits per heavy atom. The molecule has 0 radical (unpaired) electrons. The van der Waals surface area contributed by atoms with Crippen molar-refractivity contribution in [3.8, 4) is 28.3 Å². The molecule has 162 valence electrons. The maximum atomic E-state index is 13.4. The van der Waals surface area contributed by atoms with Crippen molar-refractivity contribution in [2.24, 2.45) is 11.7 Å². The third kappa shape index (κ3) is 3.22. The lowest BCUT2D eigenvalue weighted by Gasteiger charge is -2.21. The standard InChI is InChI=1S/C26H26FN5/c27-22-3-1-19(2-4-22)20-14-25-26-29-10-12-32(26)24-6-5-23(13-21(24)17-31(25)16-20)30-11-8-18(15-30)7-9-28/h1-6,10,12-14,16,18H,7-9,11,15,17,28H2. The molecule has 2 aliphatic rings. The summed E-state index contributed by atoms with van der Waals surface area (Å²) < 4.78 is 17.8. The summed E-state index contributed by atoms with van der Waals surface area (Å²) in [4.78, 5) is 7.16. The van der Waals surface area contributed by atoms with E-state index in [1.54, 1.807) is 0 Å². The smallest absolute Gasteiger partial charge is 0.161 e. The molecule has 2 aliphatic heterocycles. The molecule has 0 spiro atoms. The third-order valence-electron chi connectivity index (χ3n) is 6.83. The van der Waals surface area contributed by atoms with Gasteiger partial charge in [0.2, 0.25) is 0 Å². The number of anilines is 1. The van der Waals surface area contributed by atoms with Crippen LogP contribution in [0.4, 0.5) is 10.1 Å². The largest absolute Gasteiger partial charge is 0.371 e. The van der Waals surface area contributed by atoms with Gasteiger partial charge >= 0.3 is 0 Å². The number of hydrogen-bond donors (Lipinski definition) is 1. The summed E-state index contributed by atoms with van der Waals surface area (Å²) in [6, 6.07) is 15.6. The molecule has 32 heavy (non-hydrogen) atoms. The lowest BCUT2D eigenvalue weighted by molar-refractivity contribution is 0.546. The highest BCUT2D eigenvalue weighted by atomic mass is 19.1. The molecule has 6 heteroatoms. The van der Waals surface area contributed by atoms with Crippen LogP contribution in [0.3, 0.4) is 0 Å². The fourth-order valence-corrected chi connectivity index (χ4v) is 5.17. The number of rotatable bonds is 4. The van der Waals surface area contributed by atoms with Gasteiger partial charge < -0.3 is 15.2 Å². The molecule has 0 bridgehead atoms. The molecular weight excluding hydrogens is 401 g/mol. The Bertz CT molecular complexity index is 1270. The molecule has 4 heterocycles. The molecule has 1 unspecified atom stereocenters. The number of fused-ring (bicyclic) bond motifs is 5. The van der Waals surface area contributed by atoms with Crippen molar-refractivity contribution in [1.82, 2.24) is 14.1 Å². The van der Waals surface area contributed by atoms with E-state index in [9.17, 15) is 4.39 Å². The van der Waals surface area contributed by atoms with E-state index in [1.807, 2.05) is 24.5 Å². The van der Waals surface area contributed by atoms with Crippen LogP contribution in [0.5, 0.6) is 0 Å². The summed E-state index contributed by atoms with van der Waals surface area (Å²) in [5, 5.41) is 0. The molecule has 4 aromatic rings. The van der Waals surface area contributed by atoms with Crippen molar-refractivity contribution in [3.63, 3.8) is 0 Å². The molecule has 1 saturated heterocycles. The molecule has 6 rings (SSSR count). The topological polar surface area (TPSA) is 52.0 Å². The highest BCUT2D eigenvalue weighted by Crippen LogP contribution is 2.36. The molecule has 2 aromatic heterocycles. The van der Waals surface area contributed by atoms with Gasteiger partial charge in [0.05, 0.1) is 11.4 Å². The quantitative estimate of drug-likeness (QED) is 0.453. The van der Waals surface area contributed by atoms with Crippen molar-refractivity contribution in [3.05, 3.63) is 78.5 Å². The van der Waals surface area contributed by atoms with E-state index < -0.39 is 0 Å². The van der Waals surface area contributed by atoms with Crippen molar-refractivity contribution >= 4 is 5.69 Å². The fraction of sp³-hybridized carbons (Fsp3) is 0.269. The van der Waals surface area contributed by atoms with E-state index in [-0.39, 0.29) is 5.82 Å². The van der Waals surface area contributed by atoms with Crippen molar-refractivity contribution in [1.29, 1.82) is 0 Å². The first kappa shape index (κ1) is 19.3. The first-order chi connectivity index (χ1) is 15.7. The molecule has 5 nitrogen and oxygen atoms in total. The van der Waals surface area contributed by atoms with Gasteiger partial charge in [-0.25, -0.2) is 9.37 Å². The van der Waals surface area contributed by atoms with E-state index in [2.05, 4.69) is 49.5 Å². The van der Waals surface area contributed by atoms with Crippen LogP contribution < -0.4 is 10.6 Å². The van der Waals surface area contributed by atoms with E-state index >= 15 is 0 Å². The number of imidazole rings is 1. The maximum absolute atomic E-state index is 13.4. The summed E-state index contributed by atoms with van der Waals surface area (Å²) in [5.74, 6) is 1.39. The summed E-state index contributed by atoms with van der Waals surface area (Å²) in [5.41, 5.74) is 12.6. The minimum absolute atomic E-state index is 0.220. The summed E-state index contributed by atoms with van der Waals surface area (Å²) in [7, 11) is 0. The van der Waals surface area contributed by atoms with Crippen molar-refractivity contribution in [2.75, 3.05) is 24.5 Å². The Hall–Kier alpha value is -3.38. The zero-order valence-corrected chi connectivity index (χ0v) is 17.9. The van der Waals surface area contributed by atoms with Crippen LogP contribution >= 0.6 is 0 Å². The van der Waals surface area contributed by atoms with Crippen LogP contribution in [0.25, 0.3) is 28.3 Å². The lowest BCUT2D eigenvalue weighted by Crippen LogP contribution is -2.20. The predicted molar refractivity (Wildman–Crippen MR) is 125 cm³/mol. The minimum atomic E-state index is -0.220. The van der Waals surface area contributed by atoms with Gasteiger partial charge in [0.25, 0.3) is 0 Å². The van der Waals surface area contributed by atoms with Crippen LogP contribution in [0.15, 0.2) is 67.1 Å². The van der Waals surface area contributed by atoms with Gasteiger partial charge in [-0.1, -0.05) is 12.1 Å². The normalized spacial score (nSPS) is 17.1. The van der Waals surface area contributed by atoms with Gasteiger partial charge in [0.1, 0.15) is 5.82 Å². The Morgan fingerprint density at radius 1 is 1.06 bits per heavy atom. The predicted octanol–water partition coefficient (Wildman–Crippen LogP) is 4.68. The summed E-state index contributed by atoms with van der Waals surface area (Å²) in [6.45, 7) is 3.70. The second kappa shape index (κ2) is 7.64. The van der Waals surface area contributed by atoms with Crippen molar-refractivity contribution < 1.29 is 4.39 Å². The number of aromatic nitrogens is 3. The van der Waals surface area contributed by atoms with Gasteiger partial charge in [-0.15, -0.1) is 0 Å². The number of hydrogen-bond acceptors (Lipinski definition) is 3. The third-order valence-corrected chi connectivity index (χ3v) is 6.83. The van der Waals surface area contributed by atoms with Gasteiger partial charge in [0, 0.05) is 49.5 Å². The second-order valence-electron chi connectivity index (χ2n) is 8.86. The maximum Gasteiger partial charge on any atom is 0.161 e. The van der Waals surface area contributed by atoms with E-state index in [0.29, 0.717) is 5.92 Å². The molecule has 1 fully saturated rings. The van der Waals surface area contributed by atoms with Crippen LogP contribution in [-0.4, -0.2) is 33.8 Å². The summed E-state index contributed by atoms with van der Waals surface area (Å²) in [6.07, 6.45) is 8.34. The van der Waals surface area contributed by atoms with Crippen LogP contribution in [0, 0.1) is 11.7 Å². The second-order valence-corrected chi connectivity index (χ2v) is 8.86. The van der Waals surface area contributed by atoms with E-state index in [1.165, 1.54) is 35.5 Å². The fourth-order valence-electron chi connectivity index (χ4n) is 5.17. The average molecular weight is 428 g/mol. The number of halogens is 1. The Morgan fingerprint density at radius 2 is 1.94 bits per heavy atom. The highest BCUT2D eigenvalue weighted by molar-refractivity contribution is 5.72. The average Bonchev–Trinajstić information content (AvgIpc) is 3.53. The first-order valence-corrected chi connectivity index (χ1v) is 11.3. The zero-order valence-electron chi connectivity index (χ0n) is 17.9. The molecule has 2 N–H and O–H groups in total. The Labute approximate surface area is 186 Å². The highest BCUT2D eigenvalue weighted by Gasteiger charge is 2.25. The van der Waals surface area contributed by atoms with Gasteiger partial charge in [0.15, 0.2) is 5.82 Å². The van der Waals surface area contributed by atoms with Crippen LogP contribution in [0.2, 0.25) is 0 Å². The molecular formula is C26H26FN5. The van der Waals surface area contributed by atoms with Crippen LogP contribution in [-0.2, 0) is 6.54 Å². The Balaban J connectivity index is 1.39.